The smallest absolute Gasteiger partial charge is 0.382 e. The minimum atomic E-state index is -4.65. The molecule has 0 aliphatic carbocycles. The van der Waals surface area contributed by atoms with Gasteiger partial charge < -0.3 is 10.3 Å². The van der Waals surface area contributed by atoms with Crippen molar-refractivity contribution in [2.24, 2.45) is 0 Å². The van der Waals surface area contributed by atoms with E-state index in [4.69, 9.17) is 5.73 Å². The van der Waals surface area contributed by atoms with Crippen molar-refractivity contribution in [3.05, 3.63) is 48.0 Å². The highest BCUT2D eigenvalue weighted by Crippen LogP contribution is 2.29. The molecule has 5 nitrogen and oxygen atoms in total. The molecule has 0 aliphatic heterocycles. The highest BCUT2D eigenvalue weighted by Gasteiger charge is 2.36. The third-order valence-corrected chi connectivity index (χ3v) is 2.95. The van der Waals surface area contributed by atoms with Crippen LogP contribution in [0.25, 0.3) is 11.2 Å². The van der Waals surface area contributed by atoms with Crippen LogP contribution >= 0.6 is 0 Å². The summed E-state index contributed by atoms with van der Waals surface area (Å²) in [6.45, 7) is 0.427. The van der Waals surface area contributed by atoms with Gasteiger partial charge in [0.1, 0.15) is 5.52 Å². The van der Waals surface area contributed by atoms with Crippen LogP contribution in [0.15, 0.2) is 36.7 Å². The van der Waals surface area contributed by atoms with E-state index in [0.29, 0.717) is 12.1 Å². The van der Waals surface area contributed by atoms with Gasteiger partial charge in [0.25, 0.3) is 0 Å². The van der Waals surface area contributed by atoms with Crippen molar-refractivity contribution >= 4 is 17.0 Å². The van der Waals surface area contributed by atoms with Gasteiger partial charge in [-0.1, -0.05) is 30.3 Å². The van der Waals surface area contributed by atoms with Crippen LogP contribution in [0.1, 0.15) is 11.4 Å². The van der Waals surface area contributed by atoms with Gasteiger partial charge in [0.2, 0.25) is 5.82 Å². The van der Waals surface area contributed by atoms with Crippen LogP contribution in [0, 0.1) is 0 Å². The van der Waals surface area contributed by atoms with Crippen molar-refractivity contribution in [2.45, 2.75) is 12.7 Å². The molecule has 3 aromatic rings. The van der Waals surface area contributed by atoms with E-state index in [1.54, 1.807) is 4.57 Å². The van der Waals surface area contributed by atoms with E-state index in [0.717, 1.165) is 5.56 Å². The number of hydrogen-bond acceptors (Lipinski definition) is 4. The summed E-state index contributed by atoms with van der Waals surface area (Å²) < 4.78 is 39.5. The fourth-order valence-electron chi connectivity index (χ4n) is 2.03. The molecule has 0 atom stereocenters. The van der Waals surface area contributed by atoms with E-state index in [1.807, 2.05) is 30.3 Å². The van der Waals surface area contributed by atoms with Crippen LogP contribution in [0.5, 0.6) is 0 Å². The molecule has 2 aromatic heterocycles. The lowest BCUT2D eigenvalue weighted by Gasteiger charge is -2.08. The number of nitrogens with zero attached hydrogens (tertiary/aromatic N) is 4. The number of rotatable bonds is 2. The standard InChI is InChI=1S/C13H10F3N5/c14-13(15,16)12-19-10(17)9-11(20-12)18-7-21(9)6-8-4-2-1-3-5-8/h1-5,7H,6H2,(H2,17,19,20). The molecule has 0 bridgehead atoms. The quantitative estimate of drug-likeness (QED) is 0.788. The first-order valence-corrected chi connectivity index (χ1v) is 6.04. The topological polar surface area (TPSA) is 69.6 Å². The summed E-state index contributed by atoms with van der Waals surface area (Å²) in [7, 11) is 0. The predicted molar refractivity (Wildman–Crippen MR) is 70.3 cm³/mol. The average Bonchev–Trinajstić information content (AvgIpc) is 2.82. The molecule has 108 valence electrons. The van der Waals surface area contributed by atoms with Gasteiger partial charge >= 0.3 is 6.18 Å². The van der Waals surface area contributed by atoms with Gasteiger partial charge in [0.05, 0.1) is 6.33 Å². The highest BCUT2D eigenvalue weighted by atomic mass is 19.4. The fourth-order valence-corrected chi connectivity index (χ4v) is 2.03. The first-order valence-electron chi connectivity index (χ1n) is 6.04. The van der Waals surface area contributed by atoms with E-state index in [-0.39, 0.29) is 11.5 Å². The molecule has 0 spiro atoms. The van der Waals surface area contributed by atoms with Crippen LogP contribution in [-0.4, -0.2) is 19.5 Å². The number of anilines is 1. The molecule has 0 saturated heterocycles. The highest BCUT2D eigenvalue weighted by molar-refractivity contribution is 5.82. The van der Waals surface area contributed by atoms with Crippen molar-refractivity contribution in [1.29, 1.82) is 0 Å². The van der Waals surface area contributed by atoms with Crippen molar-refractivity contribution in [3.63, 3.8) is 0 Å². The number of alkyl halides is 3. The molecule has 1 aromatic carbocycles. The Bertz CT molecular complexity index is 780. The number of nitrogens with two attached hydrogens (primary N) is 1. The maximum absolute atomic E-state index is 12.6. The Morgan fingerprint density at radius 2 is 1.81 bits per heavy atom. The molecule has 8 heteroatoms. The normalized spacial score (nSPS) is 12.0. The van der Waals surface area contributed by atoms with Gasteiger partial charge in [0, 0.05) is 6.54 Å². The molecule has 0 saturated carbocycles. The summed E-state index contributed by atoms with van der Waals surface area (Å²) >= 11 is 0. The van der Waals surface area contributed by atoms with E-state index in [9.17, 15) is 13.2 Å². The molecule has 2 N–H and O–H groups in total. The summed E-state index contributed by atoms with van der Waals surface area (Å²) in [5.74, 6) is -1.52. The van der Waals surface area contributed by atoms with E-state index in [1.165, 1.54) is 6.33 Å². The van der Waals surface area contributed by atoms with Gasteiger partial charge in [-0.25, -0.2) is 15.0 Å². The van der Waals surface area contributed by atoms with Crippen LogP contribution in [0.3, 0.4) is 0 Å². The number of aromatic nitrogens is 4. The second-order valence-corrected chi connectivity index (χ2v) is 4.46. The molecule has 0 aliphatic rings. The van der Waals surface area contributed by atoms with Crippen molar-refractivity contribution in [3.8, 4) is 0 Å². The summed E-state index contributed by atoms with van der Waals surface area (Å²) in [5.41, 5.74) is 6.84. The number of hydrogen-bond donors (Lipinski definition) is 1. The second-order valence-electron chi connectivity index (χ2n) is 4.46. The zero-order valence-electron chi connectivity index (χ0n) is 10.7. The Morgan fingerprint density at radius 3 is 2.48 bits per heavy atom. The second kappa shape index (κ2) is 4.72. The number of imidazole rings is 1. The molecule has 0 fully saturated rings. The SMILES string of the molecule is Nc1nc(C(F)(F)F)nc2ncn(Cc3ccccc3)c12. The molecule has 3 rings (SSSR count). The maximum atomic E-state index is 12.6. The predicted octanol–water partition coefficient (Wildman–Crippen LogP) is 2.48. The lowest BCUT2D eigenvalue weighted by molar-refractivity contribution is -0.144. The lowest BCUT2D eigenvalue weighted by atomic mass is 10.2. The number of nitrogen functional groups attached to an aromatic ring is 1. The monoisotopic (exact) mass is 293 g/mol. The van der Waals surface area contributed by atoms with Crippen LogP contribution in [0.2, 0.25) is 0 Å². The third-order valence-electron chi connectivity index (χ3n) is 2.95. The Hall–Kier alpha value is -2.64. The van der Waals surface area contributed by atoms with E-state index < -0.39 is 12.0 Å². The van der Waals surface area contributed by atoms with Crippen LogP contribution in [0.4, 0.5) is 19.0 Å². The van der Waals surface area contributed by atoms with Crippen molar-refractivity contribution in [2.75, 3.05) is 5.73 Å². The molecular weight excluding hydrogens is 283 g/mol. The first kappa shape index (κ1) is 13.3. The van der Waals surface area contributed by atoms with Crippen LogP contribution < -0.4 is 5.73 Å². The van der Waals surface area contributed by atoms with E-state index in [2.05, 4.69) is 15.0 Å². The Morgan fingerprint density at radius 1 is 1.10 bits per heavy atom. The zero-order valence-corrected chi connectivity index (χ0v) is 10.7. The Kier molecular flexibility index (Phi) is 3.00. The minimum Gasteiger partial charge on any atom is -0.382 e. The lowest BCUT2D eigenvalue weighted by Crippen LogP contribution is -2.13. The Balaban J connectivity index is 2.07. The molecular formula is C13H10F3N5. The van der Waals surface area contributed by atoms with Gasteiger partial charge in [-0.15, -0.1) is 0 Å². The van der Waals surface area contributed by atoms with Gasteiger partial charge in [0.15, 0.2) is 11.5 Å². The van der Waals surface area contributed by atoms with Crippen LogP contribution in [-0.2, 0) is 12.7 Å². The van der Waals surface area contributed by atoms with Gasteiger partial charge in [-0.05, 0) is 5.56 Å². The third kappa shape index (κ3) is 2.51. The molecule has 21 heavy (non-hydrogen) atoms. The maximum Gasteiger partial charge on any atom is 0.451 e. The molecule has 2 heterocycles. The number of fused-ring (bicyclic) bond motifs is 1. The summed E-state index contributed by atoms with van der Waals surface area (Å²) in [5, 5.41) is 0. The average molecular weight is 293 g/mol. The summed E-state index contributed by atoms with van der Waals surface area (Å²) in [4.78, 5) is 10.6. The minimum absolute atomic E-state index is 0.0641. The number of halogens is 3. The molecule has 0 unspecified atom stereocenters. The fraction of sp³-hybridized carbons (Fsp3) is 0.154. The number of benzene rings is 1. The zero-order chi connectivity index (χ0) is 15.0. The Labute approximate surface area is 117 Å². The van der Waals surface area contributed by atoms with E-state index >= 15 is 0 Å². The largest absolute Gasteiger partial charge is 0.451 e. The first-order chi connectivity index (χ1) is 9.95. The summed E-state index contributed by atoms with van der Waals surface area (Å²) in [6, 6.07) is 9.41. The van der Waals surface area contributed by atoms with Gasteiger partial charge in [-0.3, -0.25) is 0 Å². The molecule has 0 amide bonds. The molecule has 0 radical (unpaired) electrons. The van der Waals surface area contributed by atoms with Gasteiger partial charge in [-0.2, -0.15) is 13.2 Å². The van der Waals surface area contributed by atoms with Crippen molar-refractivity contribution < 1.29 is 13.2 Å². The summed E-state index contributed by atoms with van der Waals surface area (Å²) in [6.07, 6.45) is -3.24. The van der Waals surface area contributed by atoms with Crippen molar-refractivity contribution in [1.82, 2.24) is 19.5 Å².